The van der Waals surface area contributed by atoms with Crippen LogP contribution in [0.1, 0.15) is 13.8 Å². The van der Waals surface area contributed by atoms with E-state index < -0.39 is 43.2 Å². The molecule has 3 aromatic rings. The molecule has 9 nitrogen and oxygen atoms in total. The number of halogens is 1. The highest BCUT2D eigenvalue weighted by atomic mass is 35.5. The first-order valence-electron chi connectivity index (χ1n) is 8.71. The number of rotatable bonds is 8. The van der Waals surface area contributed by atoms with E-state index in [0.29, 0.717) is 21.9 Å². The van der Waals surface area contributed by atoms with Gasteiger partial charge in [-0.3, -0.25) is 9.52 Å². The van der Waals surface area contributed by atoms with Gasteiger partial charge in [-0.25, -0.2) is 16.8 Å². The summed E-state index contributed by atoms with van der Waals surface area (Å²) in [6.07, 6.45) is 0. The minimum absolute atomic E-state index is 0.114. The second kappa shape index (κ2) is 8.06. The van der Waals surface area contributed by atoms with Gasteiger partial charge in [0, 0.05) is 16.8 Å². The molecule has 3 N–H and O–H groups in total. The summed E-state index contributed by atoms with van der Waals surface area (Å²) in [6, 6.07) is 7.42. The van der Waals surface area contributed by atoms with Crippen LogP contribution in [0.4, 0.5) is 5.69 Å². The first kappa shape index (κ1) is 22.3. The first-order valence-corrected chi connectivity index (χ1v) is 12.4. The minimum atomic E-state index is -4.10. The van der Waals surface area contributed by atoms with Crippen molar-refractivity contribution in [3.63, 3.8) is 0 Å². The number of hydrogen-bond acceptors (Lipinski definition) is 6. The van der Waals surface area contributed by atoms with E-state index in [1.165, 1.54) is 30.3 Å². The Morgan fingerprint density at radius 1 is 1.07 bits per heavy atom. The molecule has 1 heterocycles. The van der Waals surface area contributed by atoms with E-state index in [1.54, 1.807) is 19.9 Å². The van der Waals surface area contributed by atoms with Crippen molar-refractivity contribution in [3.8, 4) is 0 Å². The topological polar surface area (TPSA) is 143 Å². The Morgan fingerprint density at radius 3 is 2.37 bits per heavy atom. The van der Waals surface area contributed by atoms with Gasteiger partial charge in [0.1, 0.15) is 22.4 Å². The molecule has 3 rings (SSSR count). The predicted octanol–water partition coefficient (Wildman–Crippen LogP) is 2.91. The largest absolute Gasteiger partial charge is 0.480 e. The van der Waals surface area contributed by atoms with Crippen LogP contribution >= 0.6 is 11.6 Å². The van der Waals surface area contributed by atoms with Gasteiger partial charge in [-0.2, -0.15) is 4.72 Å². The Morgan fingerprint density at radius 2 is 1.77 bits per heavy atom. The highest BCUT2D eigenvalue weighted by Crippen LogP contribution is 2.32. The van der Waals surface area contributed by atoms with Crippen LogP contribution in [0.3, 0.4) is 0 Å². The number of carboxylic acids is 1. The molecule has 12 heteroatoms. The molecule has 0 unspecified atom stereocenters. The summed E-state index contributed by atoms with van der Waals surface area (Å²) in [5.74, 6) is -1.72. The van der Waals surface area contributed by atoms with Crippen molar-refractivity contribution >= 4 is 65.2 Å². The maximum Gasteiger partial charge on any atom is 0.322 e. The quantitative estimate of drug-likeness (QED) is 0.426. The highest BCUT2D eigenvalue weighted by molar-refractivity contribution is 7.93. The van der Waals surface area contributed by atoms with E-state index in [0.717, 1.165) is 0 Å². The molecule has 0 saturated carbocycles. The number of nitrogens with one attached hydrogen (secondary N) is 2. The molecule has 162 valence electrons. The average molecular weight is 475 g/mol. The van der Waals surface area contributed by atoms with Crippen LogP contribution in [-0.2, 0) is 24.8 Å². The number of carbonyl (C=O) groups is 1. The van der Waals surface area contributed by atoms with Gasteiger partial charge in [-0.15, -0.1) is 11.6 Å². The highest BCUT2D eigenvalue weighted by Gasteiger charge is 2.28. The SMILES string of the molecule is CC(C)[C@@H](NS(=O)(=O)c1ccc2oc3cc(NS(=O)(=O)CCl)ccc3c2c1)C(=O)O. The van der Waals surface area contributed by atoms with Crippen molar-refractivity contribution in [2.45, 2.75) is 24.8 Å². The van der Waals surface area contributed by atoms with Crippen LogP contribution in [0.2, 0.25) is 0 Å². The summed E-state index contributed by atoms with van der Waals surface area (Å²) in [5, 5.41) is 9.70. The maximum atomic E-state index is 12.7. The zero-order chi connectivity index (χ0) is 22.3. The van der Waals surface area contributed by atoms with Gasteiger partial charge in [0.25, 0.3) is 0 Å². The maximum absolute atomic E-state index is 12.7. The molecular formula is C18H19ClN2O7S2. The van der Waals surface area contributed by atoms with Gasteiger partial charge in [-0.05, 0) is 36.2 Å². The zero-order valence-corrected chi connectivity index (χ0v) is 18.3. The molecule has 0 aliphatic rings. The number of sulfonamides is 2. The second-order valence-corrected chi connectivity index (χ2v) is 11.0. The van der Waals surface area contributed by atoms with E-state index in [4.69, 9.17) is 16.0 Å². The third-order valence-corrected chi connectivity index (χ3v) is 7.52. The molecule has 0 radical (unpaired) electrons. The summed E-state index contributed by atoms with van der Waals surface area (Å²) < 4.78 is 58.9. The van der Waals surface area contributed by atoms with Crippen molar-refractivity contribution in [1.29, 1.82) is 0 Å². The van der Waals surface area contributed by atoms with Gasteiger partial charge in [0.2, 0.25) is 20.0 Å². The van der Waals surface area contributed by atoms with Crippen LogP contribution in [-0.4, -0.2) is 39.2 Å². The minimum Gasteiger partial charge on any atom is -0.480 e. The Labute approximate surface area is 178 Å². The molecule has 30 heavy (non-hydrogen) atoms. The molecule has 1 aromatic heterocycles. The molecule has 0 bridgehead atoms. The lowest BCUT2D eigenvalue weighted by atomic mass is 10.1. The van der Waals surface area contributed by atoms with E-state index >= 15 is 0 Å². The fraction of sp³-hybridized carbons (Fsp3) is 0.278. The second-order valence-electron chi connectivity index (χ2n) is 6.98. The molecule has 1 atom stereocenters. The van der Waals surface area contributed by atoms with Crippen molar-refractivity contribution in [2.24, 2.45) is 5.92 Å². The molecule has 0 aliphatic heterocycles. The van der Waals surface area contributed by atoms with Crippen LogP contribution in [0.5, 0.6) is 0 Å². The monoisotopic (exact) mass is 474 g/mol. The molecule has 2 aromatic carbocycles. The predicted molar refractivity (Wildman–Crippen MR) is 114 cm³/mol. The fourth-order valence-electron chi connectivity index (χ4n) is 2.90. The number of anilines is 1. The van der Waals surface area contributed by atoms with Gasteiger partial charge in [0.15, 0.2) is 0 Å². The van der Waals surface area contributed by atoms with E-state index in [2.05, 4.69) is 9.44 Å². The zero-order valence-electron chi connectivity index (χ0n) is 15.9. The third kappa shape index (κ3) is 4.53. The van der Waals surface area contributed by atoms with Crippen molar-refractivity contribution in [3.05, 3.63) is 36.4 Å². The molecule has 0 spiro atoms. The van der Waals surface area contributed by atoms with Crippen molar-refractivity contribution in [1.82, 2.24) is 4.72 Å². The number of fused-ring (bicyclic) bond motifs is 3. The van der Waals surface area contributed by atoms with Crippen molar-refractivity contribution < 1.29 is 31.2 Å². The summed E-state index contributed by atoms with van der Waals surface area (Å²) in [6.45, 7) is 3.20. The number of alkyl halides is 1. The smallest absolute Gasteiger partial charge is 0.322 e. The fourth-order valence-corrected chi connectivity index (χ4v) is 4.97. The Bertz CT molecular complexity index is 1330. The van der Waals surface area contributed by atoms with Gasteiger partial charge >= 0.3 is 5.97 Å². The first-order chi connectivity index (χ1) is 13.9. The third-order valence-electron chi connectivity index (χ3n) is 4.38. The van der Waals surface area contributed by atoms with Crippen molar-refractivity contribution in [2.75, 3.05) is 9.93 Å². The van der Waals surface area contributed by atoms with Gasteiger partial charge < -0.3 is 9.52 Å². The normalized spacial score (nSPS) is 13.7. The molecular weight excluding hydrogens is 456 g/mol. The lowest BCUT2D eigenvalue weighted by Crippen LogP contribution is -2.44. The molecule has 0 aliphatic carbocycles. The summed E-state index contributed by atoms with van der Waals surface area (Å²) >= 11 is 5.39. The number of carboxylic acid groups (broad SMARTS) is 1. The van der Waals surface area contributed by atoms with E-state index in [9.17, 15) is 26.7 Å². The van der Waals surface area contributed by atoms with Crippen LogP contribution < -0.4 is 9.44 Å². The van der Waals surface area contributed by atoms with Crippen LogP contribution in [0.15, 0.2) is 45.7 Å². The Kier molecular flexibility index (Phi) is 6.01. The molecule has 0 fully saturated rings. The molecule has 0 amide bonds. The number of furan rings is 1. The van der Waals surface area contributed by atoms with E-state index in [1.807, 2.05) is 0 Å². The van der Waals surface area contributed by atoms with Gasteiger partial charge in [-0.1, -0.05) is 13.8 Å². The van der Waals surface area contributed by atoms with Gasteiger partial charge in [0.05, 0.1) is 10.6 Å². The summed E-state index contributed by atoms with van der Waals surface area (Å²) in [4.78, 5) is 11.2. The Balaban J connectivity index is 2.03. The van der Waals surface area contributed by atoms with Crippen LogP contribution in [0.25, 0.3) is 21.9 Å². The summed E-state index contributed by atoms with van der Waals surface area (Å²) in [7, 11) is -7.79. The molecule has 0 saturated heterocycles. The average Bonchev–Trinajstić information content (AvgIpc) is 3.02. The standard InChI is InChI=1S/C18H19ClN2O7S2/c1-10(2)17(18(22)23)21-30(26,27)12-4-6-15-14(8-12)13-5-3-11(7-16(13)28-15)20-29(24,25)9-19/h3-8,10,17,20-21H,9H2,1-2H3,(H,22,23)/t17-/m1/s1. The lowest BCUT2D eigenvalue weighted by Gasteiger charge is -2.17. The Hall–Kier alpha value is -2.34. The van der Waals surface area contributed by atoms with E-state index in [-0.39, 0.29) is 10.6 Å². The summed E-state index contributed by atoms with van der Waals surface area (Å²) in [5.41, 5.74) is 0.978. The number of aliphatic carboxylic acids is 1. The number of hydrogen-bond donors (Lipinski definition) is 3. The number of benzene rings is 2. The lowest BCUT2D eigenvalue weighted by molar-refractivity contribution is -0.140. The van der Waals surface area contributed by atoms with Crippen LogP contribution in [0, 0.1) is 5.92 Å².